The van der Waals surface area contributed by atoms with Crippen LogP contribution in [0.2, 0.25) is 0 Å². The summed E-state index contributed by atoms with van der Waals surface area (Å²) in [5.41, 5.74) is 0. The summed E-state index contributed by atoms with van der Waals surface area (Å²) >= 11 is 0. The highest BCUT2D eigenvalue weighted by Gasteiger charge is 2.16. The second-order valence-electron chi connectivity index (χ2n) is 4.57. The molecule has 1 saturated carbocycles. The first kappa shape index (κ1) is 14.5. The van der Waals surface area contributed by atoms with Gasteiger partial charge in [0.1, 0.15) is 6.54 Å². The molecule has 3 N–H and O–H groups in total. The fourth-order valence-corrected chi connectivity index (χ4v) is 2.04. The van der Waals surface area contributed by atoms with E-state index in [1.807, 2.05) is 0 Å². The topological polar surface area (TPSA) is 95.5 Å². The lowest BCUT2D eigenvalue weighted by molar-refractivity contribution is -0.138. The van der Waals surface area contributed by atoms with Gasteiger partial charge in [-0.05, 0) is 12.8 Å². The summed E-state index contributed by atoms with van der Waals surface area (Å²) in [6.45, 7) is -0.400. The lowest BCUT2D eigenvalue weighted by Crippen LogP contribution is -2.37. The van der Waals surface area contributed by atoms with Crippen molar-refractivity contribution in [1.29, 1.82) is 0 Å². The van der Waals surface area contributed by atoms with Crippen LogP contribution in [0.4, 0.5) is 0 Å². The van der Waals surface area contributed by atoms with Gasteiger partial charge in [-0.2, -0.15) is 0 Å². The molecule has 18 heavy (non-hydrogen) atoms. The summed E-state index contributed by atoms with van der Waals surface area (Å²) in [7, 11) is 0. The molecule has 0 bridgehead atoms. The predicted molar refractivity (Wildman–Crippen MR) is 64.9 cm³/mol. The van der Waals surface area contributed by atoms with Gasteiger partial charge in [0, 0.05) is 18.9 Å². The van der Waals surface area contributed by atoms with Crippen molar-refractivity contribution in [3.05, 3.63) is 0 Å². The van der Waals surface area contributed by atoms with Gasteiger partial charge in [0.05, 0.1) is 0 Å². The number of carboxylic acids is 1. The third-order valence-corrected chi connectivity index (χ3v) is 2.99. The van der Waals surface area contributed by atoms with Gasteiger partial charge in [0.25, 0.3) is 0 Å². The molecule has 6 heteroatoms. The van der Waals surface area contributed by atoms with Gasteiger partial charge < -0.3 is 15.7 Å². The van der Waals surface area contributed by atoms with Crippen LogP contribution < -0.4 is 10.6 Å². The first-order valence-corrected chi connectivity index (χ1v) is 6.36. The minimum absolute atomic E-state index is 0.0336. The molecule has 0 saturated heterocycles. The minimum Gasteiger partial charge on any atom is -0.480 e. The lowest BCUT2D eigenvalue weighted by atomic mass is 9.95. The van der Waals surface area contributed by atoms with Crippen molar-refractivity contribution in [2.75, 3.05) is 6.54 Å². The molecule has 0 aliphatic heterocycles. The van der Waals surface area contributed by atoms with E-state index in [4.69, 9.17) is 5.11 Å². The maximum atomic E-state index is 11.5. The van der Waals surface area contributed by atoms with Crippen LogP contribution in [-0.4, -0.2) is 35.5 Å². The first-order chi connectivity index (χ1) is 8.58. The van der Waals surface area contributed by atoms with E-state index in [9.17, 15) is 14.4 Å². The smallest absolute Gasteiger partial charge is 0.322 e. The van der Waals surface area contributed by atoms with Gasteiger partial charge in [0.15, 0.2) is 0 Å². The molecule has 0 aromatic carbocycles. The van der Waals surface area contributed by atoms with E-state index in [0.29, 0.717) is 0 Å². The number of carbonyl (C=O) groups is 3. The van der Waals surface area contributed by atoms with E-state index in [1.54, 1.807) is 0 Å². The average Bonchev–Trinajstić information content (AvgIpc) is 2.35. The van der Waals surface area contributed by atoms with Crippen molar-refractivity contribution in [2.45, 2.75) is 51.0 Å². The molecule has 0 atom stereocenters. The number of hydrogen-bond donors (Lipinski definition) is 3. The summed E-state index contributed by atoms with van der Waals surface area (Å²) in [6, 6.07) is 0.244. The van der Waals surface area contributed by atoms with Crippen LogP contribution in [0.5, 0.6) is 0 Å². The Balaban J connectivity index is 2.12. The summed E-state index contributed by atoms with van der Waals surface area (Å²) in [5, 5.41) is 13.5. The summed E-state index contributed by atoms with van der Waals surface area (Å²) in [4.78, 5) is 32.9. The molecule has 0 aromatic rings. The van der Waals surface area contributed by atoms with Crippen LogP contribution in [-0.2, 0) is 14.4 Å². The van der Waals surface area contributed by atoms with Crippen molar-refractivity contribution in [1.82, 2.24) is 10.6 Å². The molecule has 6 nitrogen and oxygen atoms in total. The zero-order valence-electron chi connectivity index (χ0n) is 10.4. The Morgan fingerprint density at radius 2 is 1.61 bits per heavy atom. The molecule has 0 heterocycles. The molecule has 1 aliphatic rings. The van der Waals surface area contributed by atoms with Gasteiger partial charge in [-0.1, -0.05) is 19.3 Å². The largest absolute Gasteiger partial charge is 0.480 e. The van der Waals surface area contributed by atoms with Crippen molar-refractivity contribution in [3.8, 4) is 0 Å². The average molecular weight is 256 g/mol. The van der Waals surface area contributed by atoms with Gasteiger partial charge in [-0.25, -0.2) is 0 Å². The number of nitrogens with one attached hydrogen (secondary N) is 2. The fourth-order valence-electron chi connectivity index (χ4n) is 2.04. The Bertz CT molecular complexity index is 311. The van der Waals surface area contributed by atoms with Gasteiger partial charge in [-0.15, -0.1) is 0 Å². The Labute approximate surface area is 106 Å². The number of carboxylic acid groups (broad SMARTS) is 1. The molecule has 1 rings (SSSR count). The molecular formula is C12H20N2O4. The highest BCUT2D eigenvalue weighted by molar-refractivity contribution is 5.85. The molecule has 0 radical (unpaired) electrons. The van der Waals surface area contributed by atoms with Crippen molar-refractivity contribution >= 4 is 17.8 Å². The Kier molecular flexibility index (Phi) is 6.18. The van der Waals surface area contributed by atoms with Crippen molar-refractivity contribution in [2.24, 2.45) is 0 Å². The first-order valence-electron chi connectivity index (χ1n) is 6.36. The van der Waals surface area contributed by atoms with Gasteiger partial charge in [-0.3, -0.25) is 14.4 Å². The molecule has 2 amide bonds. The zero-order valence-corrected chi connectivity index (χ0v) is 10.4. The van der Waals surface area contributed by atoms with Crippen LogP contribution in [0, 0.1) is 0 Å². The monoisotopic (exact) mass is 256 g/mol. The van der Waals surface area contributed by atoms with Crippen molar-refractivity contribution in [3.63, 3.8) is 0 Å². The Hall–Kier alpha value is -1.59. The molecule has 0 spiro atoms. The summed E-state index contributed by atoms with van der Waals surface area (Å²) in [6.07, 6.45) is 5.68. The minimum atomic E-state index is -1.09. The maximum Gasteiger partial charge on any atom is 0.322 e. The number of aliphatic carboxylic acids is 1. The third kappa shape index (κ3) is 6.22. The van der Waals surface area contributed by atoms with E-state index in [0.717, 1.165) is 25.7 Å². The number of rotatable bonds is 6. The molecule has 0 aromatic heterocycles. The van der Waals surface area contributed by atoms with E-state index in [1.165, 1.54) is 6.42 Å². The lowest BCUT2D eigenvalue weighted by Gasteiger charge is -2.22. The van der Waals surface area contributed by atoms with Crippen LogP contribution in [0.15, 0.2) is 0 Å². The molecular weight excluding hydrogens is 236 g/mol. The van der Waals surface area contributed by atoms with Crippen LogP contribution >= 0.6 is 0 Å². The zero-order chi connectivity index (χ0) is 13.4. The highest BCUT2D eigenvalue weighted by Crippen LogP contribution is 2.17. The summed E-state index contributed by atoms with van der Waals surface area (Å²) in [5.74, 6) is -1.63. The Morgan fingerprint density at radius 1 is 1.00 bits per heavy atom. The second kappa shape index (κ2) is 7.68. The van der Waals surface area contributed by atoms with E-state index in [-0.39, 0.29) is 24.8 Å². The van der Waals surface area contributed by atoms with Crippen LogP contribution in [0.1, 0.15) is 44.9 Å². The predicted octanol–water partition coefficient (Wildman–Crippen LogP) is 0.416. The highest BCUT2D eigenvalue weighted by atomic mass is 16.4. The second-order valence-corrected chi connectivity index (χ2v) is 4.57. The maximum absolute atomic E-state index is 11.5. The Morgan fingerprint density at radius 3 is 2.22 bits per heavy atom. The van der Waals surface area contributed by atoms with E-state index < -0.39 is 18.4 Å². The van der Waals surface area contributed by atoms with Crippen LogP contribution in [0.25, 0.3) is 0 Å². The molecule has 102 valence electrons. The molecule has 1 aliphatic carbocycles. The normalized spacial score (nSPS) is 16.0. The number of hydrogen-bond acceptors (Lipinski definition) is 3. The summed E-state index contributed by atoms with van der Waals surface area (Å²) < 4.78 is 0. The van der Waals surface area contributed by atoms with E-state index >= 15 is 0 Å². The SMILES string of the molecule is O=C(O)CNC(=O)CCC(=O)NC1CCCCC1. The van der Waals surface area contributed by atoms with Crippen molar-refractivity contribution < 1.29 is 19.5 Å². The van der Waals surface area contributed by atoms with Gasteiger partial charge >= 0.3 is 5.97 Å². The standard InChI is InChI=1S/C12H20N2O4/c15-10(13-8-12(17)18)6-7-11(16)14-9-4-2-1-3-5-9/h9H,1-8H2,(H,13,15)(H,14,16)(H,17,18). The molecule has 1 fully saturated rings. The molecule has 0 unspecified atom stereocenters. The van der Waals surface area contributed by atoms with Crippen LogP contribution in [0.3, 0.4) is 0 Å². The van der Waals surface area contributed by atoms with E-state index in [2.05, 4.69) is 10.6 Å². The number of amides is 2. The quantitative estimate of drug-likeness (QED) is 0.641. The van der Waals surface area contributed by atoms with Gasteiger partial charge in [0.2, 0.25) is 11.8 Å². The third-order valence-electron chi connectivity index (χ3n) is 2.99. The fraction of sp³-hybridized carbons (Fsp3) is 0.750. The number of carbonyl (C=O) groups excluding carboxylic acids is 2.